The van der Waals surface area contributed by atoms with Crippen molar-refractivity contribution in [3.63, 3.8) is 0 Å². The minimum Gasteiger partial charge on any atom is -0.372 e. The molecule has 0 radical (unpaired) electrons. The lowest BCUT2D eigenvalue weighted by molar-refractivity contribution is -0.119. The number of tetrazole rings is 1. The van der Waals surface area contributed by atoms with E-state index >= 15 is 0 Å². The SMILES string of the molecule is CC1CN(c2ccc(NC(=O)C(Cc3ccccc3)n3cnnn3)cc2F)CC(C)O1. The number of rotatable bonds is 6. The van der Waals surface area contributed by atoms with Crippen LogP contribution in [0, 0.1) is 5.82 Å². The first-order valence-electron chi connectivity index (χ1n) is 10.3. The summed E-state index contributed by atoms with van der Waals surface area (Å²) >= 11 is 0. The molecule has 2 aromatic carbocycles. The Bertz CT molecular complexity index is 1000. The van der Waals surface area contributed by atoms with E-state index in [2.05, 4.69) is 20.8 Å². The van der Waals surface area contributed by atoms with Crippen LogP contribution in [0.15, 0.2) is 54.9 Å². The smallest absolute Gasteiger partial charge is 0.249 e. The highest BCUT2D eigenvalue weighted by Crippen LogP contribution is 2.26. The van der Waals surface area contributed by atoms with E-state index in [1.54, 1.807) is 12.1 Å². The number of benzene rings is 2. The molecule has 4 rings (SSSR count). The molecule has 31 heavy (non-hydrogen) atoms. The molecule has 1 aromatic heterocycles. The molecular weight excluding hydrogens is 399 g/mol. The Kier molecular flexibility index (Phi) is 6.22. The van der Waals surface area contributed by atoms with E-state index in [4.69, 9.17) is 4.74 Å². The summed E-state index contributed by atoms with van der Waals surface area (Å²) in [4.78, 5) is 15.0. The zero-order valence-electron chi connectivity index (χ0n) is 17.5. The summed E-state index contributed by atoms with van der Waals surface area (Å²) in [5, 5.41) is 14.0. The van der Waals surface area contributed by atoms with Crippen LogP contribution in [0.4, 0.5) is 15.8 Å². The molecule has 3 atom stereocenters. The van der Waals surface area contributed by atoms with Gasteiger partial charge in [0.2, 0.25) is 5.91 Å². The number of amides is 1. The molecule has 3 unspecified atom stereocenters. The molecule has 3 aromatic rings. The van der Waals surface area contributed by atoms with Gasteiger partial charge < -0.3 is 15.0 Å². The van der Waals surface area contributed by atoms with Gasteiger partial charge in [0, 0.05) is 25.2 Å². The molecule has 1 amide bonds. The Balaban J connectivity index is 1.50. The maximum atomic E-state index is 14.9. The highest BCUT2D eigenvalue weighted by Gasteiger charge is 2.26. The predicted molar refractivity (Wildman–Crippen MR) is 114 cm³/mol. The van der Waals surface area contributed by atoms with Crippen LogP contribution in [-0.2, 0) is 16.0 Å². The maximum absolute atomic E-state index is 14.9. The summed E-state index contributed by atoms with van der Waals surface area (Å²) in [6, 6.07) is 13.7. The summed E-state index contributed by atoms with van der Waals surface area (Å²) < 4.78 is 22.0. The molecule has 0 aliphatic carbocycles. The highest BCUT2D eigenvalue weighted by molar-refractivity contribution is 5.94. The summed E-state index contributed by atoms with van der Waals surface area (Å²) in [6.45, 7) is 5.18. The van der Waals surface area contributed by atoms with E-state index in [9.17, 15) is 9.18 Å². The van der Waals surface area contributed by atoms with E-state index in [0.717, 1.165) is 5.56 Å². The van der Waals surface area contributed by atoms with Gasteiger partial charge in [-0.3, -0.25) is 4.79 Å². The molecule has 1 aliphatic heterocycles. The third kappa shape index (κ3) is 5.05. The van der Waals surface area contributed by atoms with Crippen LogP contribution in [0.2, 0.25) is 0 Å². The third-order valence-electron chi connectivity index (χ3n) is 5.23. The number of carbonyl (C=O) groups is 1. The Hall–Kier alpha value is -3.33. The number of aromatic nitrogens is 4. The molecule has 1 aliphatic rings. The van der Waals surface area contributed by atoms with Crippen molar-refractivity contribution in [1.29, 1.82) is 0 Å². The zero-order valence-corrected chi connectivity index (χ0v) is 17.5. The molecule has 162 valence electrons. The van der Waals surface area contributed by atoms with E-state index in [0.29, 0.717) is 30.9 Å². The van der Waals surface area contributed by atoms with Crippen molar-refractivity contribution in [3.05, 3.63) is 66.2 Å². The first-order chi connectivity index (χ1) is 15.0. The molecule has 0 bridgehead atoms. The fraction of sp³-hybridized carbons (Fsp3) is 0.364. The number of halogens is 1. The van der Waals surface area contributed by atoms with Crippen LogP contribution in [0.25, 0.3) is 0 Å². The van der Waals surface area contributed by atoms with Gasteiger partial charge >= 0.3 is 0 Å². The van der Waals surface area contributed by atoms with Crippen LogP contribution in [0.3, 0.4) is 0 Å². The van der Waals surface area contributed by atoms with Gasteiger partial charge in [0.05, 0.1) is 17.9 Å². The third-order valence-corrected chi connectivity index (χ3v) is 5.23. The van der Waals surface area contributed by atoms with Gasteiger partial charge in [0.1, 0.15) is 18.2 Å². The van der Waals surface area contributed by atoms with Crippen LogP contribution >= 0.6 is 0 Å². The van der Waals surface area contributed by atoms with Gasteiger partial charge in [-0.05, 0) is 48.0 Å². The number of nitrogens with one attached hydrogen (secondary N) is 1. The lowest BCUT2D eigenvalue weighted by atomic mass is 10.1. The number of hydrogen-bond acceptors (Lipinski definition) is 6. The molecular formula is C22H25FN6O2. The number of morpholine rings is 1. The van der Waals surface area contributed by atoms with Crippen LogP contribution in [-0.4, -0.2) is 51.4 Å². The summed E-state index contributed by atoms with van der Waals surface area (Å²) in [5.74, 6) is -0.710. The average molecular weight is 424 g/mol. The van der Waals surface area contributed by atoms with Gasteiger partial charge in [0.15, 0.2) is 0 Å². The van der Waals surface area contributed by atoms with Gasteiger partial charge in [-0.15, -0.1) is 5.10 Å². The molecule has 0 spiro atoms. The quantitative estimate of drug-likeness (QED) is 0.655. The van der Waals surface area contributed by atoms with Crippen LogP contribution in [0.1, 0.15) is 25.5 Å². The molecule has 1 fully saturated rings. The molecule has 1 N–H and O–H groups in total. The minimum absolute atomic E-state index is 0.0255. The van der Waals surface area contributed by atoms with E-state index < -0.39 is 6.04 Å². The Morgan fingerprint density at radius 1 is 1.19 bits per heavy atom. The summed E-state index contributed by atoms with van der Waals surface area (Å²) in [7, 11) is 0. The molecule has 0 saturated carbocycles. The summed E-state index contributed by atoms with van der Waals surface area (Å²) in [5.41, 5.74) is 1.85. The molecule has 8 nitrogen and oxygen atoms in total. The Morgan fingerprint density at radius 2 is 1.94 bits per heavy atom. The lowest BCUT2D eigenvalue weighted by Gasteiger charge is -2.37. The van der Waals surface area contributed by atoms with Crippen LogP contribution in [0.5, 0.6) is 0 Å². The van der Waals surface area contributed by atoms with Crippen LogP contribution < -0.4 is 10.2 Å². The standard InChI is InChI=1S/C22H25FN6O2/c1-15-12-28(13-16(2)31-15)20-9-8-18(11-19(20)23)25-22(30)21(29-14-24-26-27-29)10-17-6-4-3-5-7-17/h3-9,11,14-16,21H,10,12-13H2,1-2H3,(H,25,30). The van der Waals surface area contributed by atoms with E-state index in [-0.39, 0.29) is 23.9 Å². The minimum atomic E-state index is -0.666. The predicted octanol–water partition coefficient (Wildman–Crippen LogP) is 2.85. The average Bonchev–Trinajstić information content (AvgIpc) is 3.26. The van der Waals surface area contributed by atoms with Crippen molar-refractivity contribution in [1.82, 2.24) is 20.2 Å². The lowest BCUT2D eigenvalue weighted by Crippen LogP contribution is -2.45. The zero-order chi connectivity index (χ0) is 21.8. The van der Waals surface area contributed by atoms with Gasteiger partial charge in [0.25, 0.3) is 0 Å². The van der Waals surface area contributed by atoms with Crippen molar-refractivity contribution in [2.24, 2.45) is 0 Å². The number of hydrogen-bond donors (Lipinski definition) is 1. The molecule has 9 heteroatoms. The monoisotopic (exact) mass is 424 g/mol. The highest BCUT2D eigenvalue weighted by atomic mass is 19.1. The van der Waals surface area contributed by atoms with Gasteiger partial charge in [-0.25, -0.2) is 9.07 Å². The second-order valence-corrected chi connectivity index (χ2v) is 7.81. The topological polar surface area (TPSA) is 85.2 Å². The Labute approximate surface area is 180 Å². The first-order valence-corrected chi connectivity index (χ1v) is 10.3. The van der Waals surface area contributed by atoms with Crippen molar-refractivity contribution < 1.29 is 13.9 Å². The second-order valence-electron chi connectivity index (χ2n) is 7.81. The van der Waals surface area contributed by atoms with E-state index in [1.165, 1.54) is 17.1 Å². The summed E-state index contributed by atoms with van der Waals surface area (Å²) in [6.07, 6.45) is 1.86. The molecule has 1 saturated heterocycles. The second kappa shape index (κ2) is 9.22. The maximum Gasteiger partial charge on any atom is 0.249 e. The van der Waals surface area contributed by atoms with Crippen molar-refractivity contribution in [3.8, 4) is 0 Å². The number of ether oxygens (including phenoxy) is 1. The number of carbonyl (C=O) groups excluding carboxylic acids is 1. The largest absolute Gasteiger partial charge is 0.372 e. The van der Waals surface area contributed by atoms with Crippen molar-refractivity contribution in [2.45, 2.75) is 38.5 Å². The number of nitrogens with zero attached hydrogens (tertiary/aromatic N) is 5. The fourth-order valence-corrected chi connectivity index (χ4v) is 3.90. The first kappa shape index (κ1) is 20.9. The van der Waals surface area contributed by atoms with E-state index in [1.807, 2.05) is 49.1 Å². The van der Waals surface area contributed by atoms with Gasteiger partial charge in [-0.2, -0.15) is 0 Å². The number of anilines is 2. The van der Waals surface area contributed by atoms with Crippen molar-refractivity contribution >= 4 is 17.3 Å². The van der Waals surface area contributed by atoms with Crippen molar-refractivity contribution in [2.75, 3.05) is 23.3 Å². The Morgan fingerprint density at radius 3 is 2.58 bits per heavy atom. The molecule has 2 heterocycles. The normalized spacial score (nSPS) is 19.8. The van der Waals surface area contributed by atoms with Gasteiger partial charge in [-0.1, -0.05) is 30.3 Å². The fourth-order valence-electron chi connectivity index (χ4n) is 3.90.